The van der Waals surface area contributed by atoms with E-state index >= 15 is 0 Å². The van der Waals surface area contributed by atoms with Crippen molar-refractivity contribution in [2.75, 3.05) is 19.6 Å². The smallest absolute Gasteiger partial charge is 0.0110 e. The van der Waals surface area contributed by atoms with Crippen molar-refractivity contribution >= 4 is 0 Å². The van der Waals surface area contributed by atoms with E-state index in [-0.39, 0.29) is 0 Å². The van der Waals surface area contributed by atoms with Gasteiger partial charge in [0.2, 0.25) is 0 Å². The summed E-state index contributed by atoms with van der Waals surface area (Å²) in [6.07, 6.45) is 2.92. The molecular weight excluding hydrogens is 110 g/mol. The highest BCUT2D eigenvalue weighted by atomic mass is 15.2. The minimum absolute atomic E-state index is 1.09. The zero-order valence-electron chi connectivity index (χ0n) is 5.77. The first-order valence-electron chi connectivity index (χ1n) is 3.35. The molecule has 50 valence electrons. The fraction of sp³-hybridized carbons (Fsp3) is 0.500. The third kappa shape index (κ3) is 2.47. The van der Waals surface area contributed by atoms with E-state index in [4.69, 9.17) is 0 Å². The van der Waals surface area contributed by atoms with Gasteiger partial charge in [-0.15, -0.1) is 0 Å². The van der Waals surface area contributed by atoms with Crippen LogP contribution in [0.4, 0.5) is 0 Å². The average Bonchev–Trinajstić information content (AvgIpc) is 2.65. The predicted molar refractivity (Wildman–Crippen MR) is 40.4 cm³/mol. The van der Waals surface area contributed by atoms with E-state index in [1.54, 1.807) is 0 Å². The molecule has 0 N–H and O–H groups in total. The van der Waals surface area contributed by atoms with Crippen LogP contribution in [0.2, 0.25) is 0 Å². The van der Waals surface area contributed by atoms with E-state index in [2.05, 4.69) is 18.1 Å². The first-order valence-corrected chi connectivity index (χ1v) is 3.35. The van der Waals surface area contributed by atoms with Gasteiger partial charge in [-0.2, -0.15) is 0 Å². The van der Waals surface area contributed by atoms with Gasteiger partial charge in [0, 0.05) is 19.6 Å². The van der Waals surface area contributed by atoms with Gasteiger partial charge in [-0.1, -0.05) is 24.8 Å². The van der Waals surface area contributed by atoms with Crippen molar-refractivity contribution in [3.05, 3.63) is 24.8 Å². The van der Waals surface area contributed by atoms with Gasteiger partial charge < -0.3 is 4.90 Å². The van der Waals surface area contributed by atoms with Crippen molar-refractivity contribution < 1.29 is 0 Å². The molecule has 0 aromatic rings. The van der Waals surface area contributed by atoms with Gasteiger partial charge in [0.25, 0.3) is 0 Å². The van der Waals surface area contributed by atoms with Gasteiger partial charge in [0.1, 0.15) is 0 Å². The van der Waals surface area contributed by atoms with E-state index in [1.807, 2.05) is 6.08 Å². The van der Waals surface area contributed by atoms with Crippen molar-refractivity contribution in [2.45, 2.75) is 6.42 Å². The van der Waals surface area contributed by atoms with Gasteiger partial charge in [0.15, 0.2) is 0 Å². The molecule has 9 heavy (non-hydrogen) atoms. The number of allylic oxidation sites excluding steroid dienone is 1. The summed E-state index contributed by atoms with van der Waals surface area (Å²) in [7, 11) is 0. The Morgan fingerprint density at radius 1 is 1.56 bits per heavy atom. The number of hydrogen-bond donors (Lipinski definition) is 0. The van der Waals surface area contributed by atoms with Crippen molar-refractivity contribution in [1.29, 1.82) is 0 Å². The zero-order chi connectivity index (χ0) is 6.69. The lowest BCUT2D eigenvalue weighted by atomic mass is 10.2. The highest BCUT2D eigenvalue weighted by Crippen LogP contribution is 2.07. The average molecular weight is 123 g/mol. The minimum atomic E-state index is 1.09. The summed E-state index contributed by atoms with van der Waals surface area (Å²) in [4.78, 5) is 2.38. The summed E-state index contributed by atoms with van der Waals surface area (Å²) < 4.78 is 0. The Morgan fingerprint density at radius 3 is 2.67 bits per heavy atom. The maximum Gasteiger partial charge on any atom is 0.0110 e. The lowest BCUT2D eigenvalue weighted by Gasteiger charge is -1.98. The molecule has 1 heteroatoms. The lowest BCUT2D eigenvalue weighted by molar-refractivity contribution is 0.562. The number of nitrogens with zero attached hydrogens (tertiary/aromatic N) is 1. The van der Waals surface area contributed by atoms with Crippen molar-refractivity contribution in [2.24, 2.45) is 0 Å². The molecule has 0 amide bonds. The van der Waals surface area contributed by atoms with Gasteiger partial charge in [-0.3, -0.25) is 0 Å². The summed E-state index contributed by atoms with van der Waals surface area (Å²) in [6, 6.07) is 0. The summed E-state index contributed by atoms with van der Waals surface area (Å²) in [5.41, 5.74) is 1.15. The topological polar surface area (TPSA) is 3.01 Å². The number of hydrogen-bond acceptors (Lipinski definition) is 1. The van der Waals surface area contributed by atoms with Crippen LogP contribution < -0.4 is 0 Å². The SMILES string of the molecule is C=CC(=C)CCN1CC1. The molecule has 0 saturated carbocycles. The molecule has 1 fully saturated rings. The molecule has 1 aliphatic heterocycles. The van der Waals surface area contributed by atoms with E-state index < -0.39 is 0 Å². The second-order valence-electron chi connectivity index (χ2n) is 2.45. The Labute approximate surface area is 56.7 Å². The highest BCUT2D eigenvalue weighted by Gasteiger charge is 2.15. The molecule has 0 radical (unpaired) electrons. The zero-order valence-corrected chi connectivity index (χ0v) is 5.77. The van der Waals surface area contributed by atoms with Crippen LogP contribution in [0.15, 0.2) is 24.8 Å². The molecule has 0 atom stereocenters. The third-order valence-corrected chi connectivity index (χ3v) is 1.58. The van der Waals surface area contributed by atoms with Crippen molar-refractivity contribution in [1.82, 2.24) is 4.90 Å². The monoisotopic (exact) mass is 123 g/mol. The Balaban J connectivity index is 2.02. The van der Waals surface area contributed by atoms with E-state index in [9.17, 15) is 0 Å². The fourth-order valence-corrected chi connectivity index (χ4v) is 0.698. The van der Waals surface area contributed by atoms with E-state index in [0.29, 0.717) is 0 Å². The van der Waals surface area contributed by atoms with Gasteiger partial charge in [0.05, 0.1) is 0 Å². The fourth-order valence-electron chi connectivity index (χ4n) is 0.698. The van der Waals surface area contributed by atoms with Crippen molar-refractivity contribution in [3.63, 3.8) is 0 Å². The van der Waals surface area contributed by atoms with E-state index in [1.165, 1.54) is 19.6 Å². The maximum absolute atomic E-state index is 3.83. The van der Waals surface area contributed by atoms with Crippen LogP contribution in [0.25, 0.3) is 0 Å². The molecule has 1 rings (SSSR count). The Hall–Kier alpha value is -0.560. The van der Waals surface area contributed by atoms with E-state index in [0.717, 1.165) is 12.0 Å². The molecule has 1 heterocycles. The first kappa shape index (κ1) is 6.56. The van der Waals surface area contributed by atoms with Crippen molar-refractivity contribution in [3.8, 4) is 0 Å². The Bertz CT molecular complexity index is 123. The third-order valence-electron chi connectivity index (χ3n) is 1.58. The summed E-state index contributed by atoms with van der Waals surface area (Å²) in [6.45, 7) is 11.2. The highest BCUT2D eigenvalue weighted by molar-refractivity contribution is 5.11. The molecule has 0 bridgehead atoms. The normalized spacial score (nSPS) is 17.3. The molecule has 1 nitrogen and oxygen atoms in total. The van der Waals surface area contributed by atoms with Crippen LogP contribution in [0.5, 0.6) is 0 Å². The lowest BCUT2D eigenvalue weighted by Crippen LogP contribution is -1.98. The molecule has 0 aromatic carbocycles. The summed E-state index contributed by atoms with van der Waals surface area (Å²) in [5.74, 6) is 0. The predicted octanol–water partition coefficient (Wildman–Crippen LogP) is 1.43. The van der Waals surface area contributed by atoms with Gasteiger partial charge in [-0.05, 0) is 6.42 Å². The largest absolute Gasteiger partial charge is 0.300 e. The molecule has 1 saturated heterocycles. The molecule has 1 aliphatic rings. The summed E-state index contributed by atoms with van der Waals surface area (Å²) in [5, 5.41) is 0. The molecule has 0 unspecified atom stereocenters. The van der Waals surface area contributed by atoms with Crippen LogP contribution in [0.1, 0.15) is 6.42 Å². The molecule has 0 spiro atoms. The van der Waals surface area contributed by atoms with Gasteiger partial charge in [-0.25, -0.2) is 0 Å². The second kappa shape index (κ2) is 2.83. The van der Waals surface area contributed by atoms with Crippen LogP contribution in [-0.2, 0) is 0 Å². The van der Waals surface area contributed by atoms with Crippen LogP contribution >= 0.6 is 0 Å². The van der Waals surface area contributed by atoms with Crippen LogP contribution in [0.3, 0.4) is 0 Å². The Kier molecular flexibility index (Phi) is 2.06. The Morgan fingerprint density at radius 2 is 2.22 bits per heavy atom. The second-order valence-corrected chi connectivity index (χ2v) is 2.45. The molecular formula is C8H13N. The molecule has 0 aromatic heterocycles. The first-order chi connectivity index (χ1) is 4.33. The molecule has 0 aliphatic carbocycles. The van der Waals surface area contributed by atoms with Gasteiger partial charge >= 0.3 is 0 Å². The quantitative estimate of drug-likeness (QED) is 0.404. The summed E-state index contributed by atoms with van der Waals surface area (Å²) >= 11 is 0. The van der Waals surface area contributed by atoms with Crippen LogP contribution in [-0.4, -0.2) is 24.5 Å². The number of rotatable bonds is 4. The minimum Gasteiger partial charge on any atom is -0.300 e. The maximum atomic E-state index is 3.83. The van der Waals surface area contributed by atoms with Crippen LogP contribution in [0, 0.1) is 0 Å². The standard InChI is InChI=1S/C8H13N/c1-3-8(2)4-5-9-6-7-9/h3H,1-2,4-7H2.